The van der Waals surface area contributed by atoms with Crippen LogP contribution in [0.3, 0.4) is 0 Å². The minimum Gasteiger partial charge on any atom is -0.492 e. The summed E-state index contributed by atoms with van der Waals surface area (Å²) >= 11 is 2.90. The number of thioether (sulfide) groups is 1. The Bertz CT molecular complexity index is 748. The van der Waals surface area contributed by atoms with Crippen LogP contribution in [0.15, 0.2) is 47.3 Å². The Labute approximate surface area is 173 Å². The number of piperazine rings is 1. The number of aromatic nitrogens is 2. The van der Waals surface area contributed by atoms with Crippen molar-refractivity contribution in [1.82, 2.24) is 20.0 Å². The standard InChI is InChI=1S/C19H25N5O2S2/c1-2-8-20-18-21-22-19(28-18)27-15-17(25)24-11-9-23(10-12-24)13-14-26-16-6-4-3-5-7-16/h2-7H,1,8-15H2,(H,20,21). The number of nitrogens with one attached hydrogen (secondary N) is 1. The molecule has 0 spiro atoms. The van der Waals surface area contributed by atoms with Crippen LogP contribution in [0.4, 0.5) is 5.13 Å². The number of benzene rings is 1. The van der Waals surface area contributed by atoms with E-state index in [0.29, 0.717) is 18.9 Å². The summed E-state index contributed by atoms with van der Waals surface area (Å²) in [6, 6.07) is 9.84. The van der Waals surface area contributed by atoms with Crippen molar-refractivity contribution in [3.63, 3.8) is 0 Å². The molecule has 1 fully saturated rings. The van der Waals surface area contributed by atoms with Gasteiger partial charge in [0, 0.05) is 39.3 Å². The second-order valence-corrected chi connectivity index (χ2v) is 8.42. The summed E-state index contributed by atoms with van der Waals surface area (Å²) < 4.78 is 6.55. The van der Waals surface area contributed by atoms with Crippen molar-refractivity contribution in [2.75, 3.05) is 56.9 Å². The van der Waals surface area contributed by atoms with Gasteiger partial charge < -0.3 is 15.0 Å². The van der Waals surface area contributed by atoms with Crippen molar-refractivity contribution >= 4 is 34.1 Å². The van der Waals surface area contributed by atoms with Crippen LogP contribution in [0.1, 0.15) is 0 Å². The zero-order valence-electron chi connectivity index (χ0n) is 15.7. The molecule has 1 aromatic carbocycles. The number of ether oxygens (including phenoxy) is 1. The molecule has 0 saturated carbocycles. The SMILES string of the molecule is C=CCNc1nnc(SCC(=O)N2CCN(CCOc3ccccc3)CC2)s1. The summed E-state index contributed by atoms with van der Waals surface area (Å²) in [6.45, 7) is 9.11. The van der Waals surface area contributed by atoms with Gasteiger partial charge in [-0.1, -0.05) is 47.4 Å². The molecular formula is C19H25N5O2S2. The molecule has 1 amide bonds. The van der Waals surface area contributed by atoms with E-state index in [-0.39, 0.29) is 5.91 Å². The minimum absolute atomic E-state index is 0.154. The van der Waals surface area contributed by atoms with E-state index in [2.05, 4.69) is 27.0 Å². The van der Waals surface area contributed by atoms with Gasteiger partial charge in [-0.05, 0) is 12.1 Å². The Balaban J connectivity index is 1.32. The summed E-state index contributed by atoms with van der Waals surface area (Å²) in [7, 11) is 0. The molecule has 1 aliphatic rings. The molecule has 1 aliphatic heterocycles. The summed E-state index contributed by atoms with van der Waals surface area (Å²) in [5.41, 5.74) is 0. The molecule has 0 aliphatic carbocycles. The minimum atomic E-state index is 0.154. The number of nitrogens with zero attached hydrogens (tertiary/aromatic N) is 4. The average molecular weight is 420 g/mol. The first-order valence-corrected chi connectivity index (χ1v) is 11.0. The van der Waals surface area contributed by atoms with Gasteiger partial charge in [0.05, 0.1) is 5.75 Å². The predicted molar refractivity (Wildman–Crippen MR) is 114 cm³/mol. The zero-order valence-corrected chi connectivity index (χ0v) is 17.4. The molecule has 0 radical (unpaired) electrons. The van der Waals surface area contributed by atoms with E-state index in [0.717, 1.165) is 47.9 Å². The van der Waals surface area contributed by atoms with Crippen LogP contribution in [-0.4, -0.2) is 77.5 Å². The van der Waals surface area contributed by atoms with Gasteiger partial charge >= 0.3 is 0 Å². The molecule has 28 heavy (non-hydrogen) atoms. The molecule has 150 valence electrons. The number of hydrogen-bond acceptors (Lipinski definition) is 8. The Morgan fingerprint density at radius 1 is 1.25 bits per heavy atom. The highest BCUT2D eigenvalue weighted by Crippen LogP contribution is 2.25. The summed E-state index contributed by atoms with van der Waals surface area (Å²) in [6.07, 6.45) is 1.77. The lowest BCUT2D eigenvalue weighted by Gasteiger charge is -2.34. The highest BCUT2D eigenvalue weighted by Gasteiger charge is 2.21. The quantitative estimate of drug-likeness (QED) is 0.468. The van der Waals surface area contributed by atoms with Gasteiger partial charge in [-0.15, -0.1) is 16.8 Å². The van der Waals surface area contributed by atoms with Crippen molar-refractivity contribution in [1.29, 1.82) is 0 Å². The van der Waals surface area contributed by atoms with E-state index >= 15 is 0 Å². The third kappa shape index (κ3) is 6.50. The zero-order chi connectivity index (χ0) is 19.6. The first-order chi connectivity index (χ1) is 13.7. The molecule has 2 aromatic rings. The third-order valence-electron chi connectivity index (χ3n) is 4.27. The van der Waals surface area contributed by atoms with E-state index in [9.17, 15) is 4.79 Å². The fourth-order valence-corrected chi connectivity index (χ4v) is 4.41. The van der Waals surface area contributed by atoms with Gasteiger partial charge in [-0.2, -0.15) is 0 Å². The number of rotatable bonds is 10. The molecular weight excluding hydrogens is 394 g/mol. The maximum atomic E-state index is 12.4. The van der Waals surface area contributed by atoms with Gasteiger partial charge in [0.1, 0.15) is 12.4 Å². The Morgan fingerprint density at radius 3 is 2.79 bits per heavy atom. The van der Waals surface area contributed by atoms with Gasteiger partial charge in [0.25, 0.3) is 0 Å². The first kappa shape index (κ1) is 20.6. The van der Waals surface area contributed by atoms with Crippen LogP contribution in [0.2, 0.25) is 0 Å². The fraction of sp³-hybridized carbons (Fsp3) is 0.421. The van der Waals surface area contributed by atoms with Crippen LogP contribution in [-0.2, 0) is 4.79 Å². The van der Waals surface area contributed by atoms with Crippen LogP contribution in [0, 0.1) is 0 Å². The largest absolute Gasteiger partial charge is 0.492 e. The van der Waals surface area contributed by atoms with Crippen LogP contribution < -0.4 is 10.1 Å². The molecule has 1 saturated heterocycles. The van der Waals surface area contributed by atoms with Crippen molar-refractivity contribution < 1.29 is 9.53 Å². The maximum absolute atomic E-state index is 12.4. The number of carbonyl (C=O) groups is 1. The molecule has 0 atom stereocenters. The number of carbonyl (C=O) groups excluding carboxylic acids is 1. The number of para-hydroxylation sites is 1. The third-order valence-corrected chi connectivity index (χ3v) is 6.27. The average Bonchev–Trinajstić information content (AvgIpc) is 3.19. The highest BCUT2D eigenvalue weighted by molar-refractivity contribution is 8.01. The number of amides is 1. The lowest BCUT2D eigenvalue weighted by atomic mass is 10.3. The molecule has 3 rings (SSSR count). The van der Waals surface area contributed by atoms with E-state index in [1.165, 1.54) is 23.1 Å². The molecule has 7 nitrogen and oxygen atoms in total. The molecule has 2 heterocycles. The number of anilines is 1. The van der Waals surface area contributed by atoms with E-state index in [4.69, 9.17) is 4.74 Å². The van der Waals surface area contributed by atoms with Crippen LogP contribution >= 0.6 is 23.1 Å². The normalized spacial score (nSPS) is 14.6. The van der Waals surface area contributed by atoms with E-state index in [1.807, 2.05) is 35.2 Å². The van der Waals surface area contributed by atoms with Crippen molar-refractivity contribution in [2.24, 2.45) is 0 Å². The molecule has 1 aromatic heterocycles. The Hall–Kier alpha value is -2.10. The van der Waals surface area contributed by atoms with Gasteiger partial charge in [0.2, 0.25) is 11.0 Å². The molecule has 0 unspecified atom stereocenters. The van der Waals surface area contributed by atoms with Crippen LogP contribution in [0.25, 0.3) is 0 Å². The predicted octanol–water partition coefficient (Wildman–Crippen LogP) is 2.45. The molecule has 1 N–H and O–H groups in total. The Kier molecular flexibility index (Phi) is 8.13. The smallest absolute Gasteiger partial charge is 0.233 e. The fourth-order valence-electron chi connectivity index (χ4n) is 2.74. The van der Waals surface area contributed by atoms with Crippen LogP contribution in [0.5, 0.6) is 5.75 Å². The maximum Gasteiger partial charge on any atom is 0.233 e. The Morgan fingerprint density at radius 2 is 2.04 bits per heavy atom. The first-order valence-electron chi connectivity index (χ1n) is 9.23. The van der Waals surface area contributed by atoms with Gasteiger partial charge in [0.15, 0.2) is 4.34 Å². The summed E-state index contributed by atoms with van der Waals surface area (Å²) in [4.78, 5) is 16.7. The molecule has 9 heteroatoms. The topological polar surface area (TPSA) is 70.6 Å². The highest BCUT2D eigenvalue weighted by atomic mass is 32.2. The van der Waals surface area contributed by atoms with Crippen molar-refractivity contribution in [3.05, 3.63) is 43.0 Å². The monoisotopic (exact) mass is 419 g/mol. The second kappa shape index (κ2) is 11.0. The second-order valence-electron chi connectivity index (χ2n) is 6.22. The lowest BCUT2D eigenvalue weighted by molar-refractivity contribution is -0.130. The number of hydrogen-bond donors (Lipinski definition) is 1. The summed E-state index contributed by atoms with van der Waals surface area (Å²) in [5, 5.41) is 12.0. The molecule has 0 bridgehead atoms. The van der Waals surface area contributed by atoms with E-state index in [1.54, 1.807) is 6.08 Å². The lowest BCUT2D eigenvalue weighted by Crippen LogP contribution is -2.50. The van der Waals surface area contributed by atoms with Crippen molar-refractivity contribution in [2.45, 2.75) is 4.34 Å². The summed E-state index contributed by atoms with van der Waals surface area (Å²) in [5.74, 6) is 1.45. The van der Waals surface area contributed by atoms with Gasteiger partial charge in [-0.25, -0.2) is 0 Å². The van der Waals surface area contributed by atoms with E-state index < -0.39 is 0 Å². The van der Waals surface area contributed by atoms with Gasteiger partial charge in [-0.3, -0.25) is 9.69 Å². The van der Waals surface area contributed by atoms with Crippen molar-refractivity contribution in [3.8, 4) is 5.75 Å².